The Hall–Kier alpha value is -2.92. The third-order valence-electron chi connectivity index (χ3n) is 3.43. The zero-order valence-corrected chi connectivity index (χ0v) is 13.7. The summed E-state index contributed by atoms with van der Waals surface area (Å²) in [5, 5.41) is 3.66. The van der Waals surface area contributed by atoms with Crippen LogP contribution in [0.15, 0.2) is 67.0 Å². The van der Waals surface area contributed by atoms with Gasteiger partial charge in [-0.15, -0.1) is 0 Å². The Morgan fingerprint density at radius 2 is 1.75 bits per heavy atom. The second-order valence-corrected chi connectivity index (χ2v) is 5.57. The summed E-state index contributed by atoms with van der Waals surface area (Å²) in [6.07, 6.45) is 3.00. The molecular formula is C18H15ClN4O. The molecule has 0 aliphatic carbocycles. The van der Waals surface area contributed by atoms with E-state index < -0.39 is 0 Å². The number of benzene rings is 2. The van der Waals surface area contributed by atoms with Crippen molar-refractivity contribution in [3.63, 3.8) is 0 Å². The molecule has 5 nitrogen and oxygen atoms in total. The van der Waals surface area contributed by atoms with Crippen molar-refractivity contribution in [3.8, 4) is 0 Å². The first kappa shape index (κ1) is 16.0. The Morgan fingerprint density at radius 1 is 1.04 bits per heavy atom. The van der Waals surface area contributed by atoms with Crippen LogP contribution in [0.5, 0.6) is 0 Å². The zero-order valence-electron chi connectivity index (χ0n) is 13.0. The average Bonchev–Trinajstić information content (AvgIpc) is 2.62. The quantitative estimate of drug-likeness (QED) is 0.776. The van der Waals surface area contributed by atoms with Crippen molar-refractivity contribution in [2.45, 2.75) is 0 Å². The van der Waals surface area contributed by atoms with Crippen LogP contribution < -0.4 is 10.2 Å². The first-order chi connectivity index (χ1) is 11.6. The average molecular weight is 339 g/mol. The second-order valence-electron chi connectivity index (χ2n) is 5.13. The standard InChI is InChI=1S/C18H15ClN4O/c1-23(16-8-3-2-4-9-16)17(24)13-11-20-18(21-12-13)22-15-7-5-6-14(19)10-15/h2-12H,1H3,(H,20,21,22). The highest BCUT2D eigenvalue weighted by molar-refractivity contribution is 6.30. The van der Waals surface area contributed by atoms with Gasteiger partial charge in [0.25, 0.3) is 5.91 Å². The molecule has 1 N–H and O–H groups in total. The number of nitrogens with one attached hydrogen (secondary N) is 1. The summed E-state index contributed by atoms with van der Waals surface area (Å²) in [7, 11) is 1.72. The van der Waals surface area contributed by atoms with Gasteiger partial charge in [-0.05, 0) is 30.3 Å². The molecule has 2 aromatic carbocycles. The van der Waals surface area contributed by atoms with E-state index in [4.69, 9.17) is 11.6 Å². The van der Waals surface area contributed by atoms with E-state index in [-0.39, 0.29) is 5.91 Å². The highest BCUT2D eigenvalue weighted by Crippen LogP contribution is 2.18. The van der Waals surface area contributed by atoms with Crippen molar-refractivity contribution in [2.24, 2.45) is 0 Å². The fourth-order valence-electron chi connectivity index (χ4n) is 2.16. The summed E-state index contributed by atoms with van der Waals surface area (Å²) in [6, 6.07) is 16.7. The molecule has 0 fully saturated rings. The van der Waals surface area contributed by atoms with Crippen molar-refractivity contribution in [3.05, 3.63) is 77.6 Å². The molecule has 3 aromatic rings. The normalized spacial score (nSPS) is 10.2. The Morgan fingerprint density at radius 3 is 2.42 bits per heavy atom. The molecule has 0 aliphatic heterocycles. The number of para-hydroxylation sites is 1. The molecule has 1 aromatic heterocycles. The predicted octanol–water partition coefficient (Wildman–Crippen LogP) is 4.15. The van der Waals surface area contributed by atoms with E-state index in [9.17, 15) is 4.79 Å². The maximum atomic E-state index is 12.5. The van der Waals surface area contributed by atoms with Crippen LogP contribution in [0.2, 0.25) is 5.02 Å². The van der Waals surface area contributed by atoms with Gasteiger partial charge in [0.1, 0.15) is 0 Å². The van der Waals surface area contributed by atoms with E-state index >= 15 is 0 Å². The minimum absolute atomic E-state index is 0.171. The van der Waals surface area contributed by atoms with E-state index in [1.165, 1.54) is 12.4 Å². The van der Waals surface area contributed by atoms with Gasteiger partial charge >= 0.3 is 0 Å². The van der Waals surface area contributed by atoms with Crippen LogP contribution in [-0.4, -0.2) is 22.9 Å². The maximum Gasteiger partial charge on any atom is 0.261 e. The molecule has 0 unspecified atom stereocenters. The third-order valence-corrected chi connectivity index (χ3v) is 3.66. The van der Waals surface area contributed by atoms with Gasteiger partial charge in [-0.3, -0.25) is 4.79 Å². The van der Waals surface area contributed by atoms with Crippen LogP contribution in [0, 0.1) is 0 Å². The number of carbonyl (C=O) groups is 1. The van der Waals surface area contributed by atoms with Gasteiger partial charge in [0, 0.05) is 35.8 Å². The first-order valence-corrected chi connectivity index (χ1v) is 7.69. The van der Waals surface area contributed by atoms with Crippen LogP contribution in [0.25, 0.3) is 0 Å². The lowest BCUT2D eigenvalue weighted by Gasteiger charge is -2.17. The Bertz CT molecular complexity index is 837. The molecule has 3 rings (SSSR count). The SMILES string of the molecule is CN(C(=O)c1cnc(Nc2cccc(Cl)c2)nc1)c1ccccc1. The van der Waals surface area contributed by atoms with Gasteiger partial charge in [-0.1, -0.05) is 35.9 Å². The molecule has 0 spiro atoms. The highest BCUT2D eigenvalue weighted by Gasteiger charge is 2.14. The highest BCUT2D eigenvalue weighted by atomic mass is 35.5. The van der Waals surface area contributed by atoms with Crippen LogP contribution in [0.3, 0.4) is 0 Å². The molecule has 0 atom stereocenters. The third kappa shape index (κ3) is 3.70. The fraction of sp³-hybridized carbons (Fsp3) is 0.0556. The summed E-state index contributed by atoms with van der Waals surface area (Å²) < 4.78 is 0. The lowest BCUT2D eigenvalue weighted by molar-refractivity contribution is 0.0992. The second kappa shape index (κ2) is 7.10. The lowest BCUT2D eigenvalue weighted by Crippen LogP contribution is -2.26. The lowest BCUT2D eigenvalue weighted by atomic mass is 10.2. The molecule has 0 bridgehead atoms. The Kier molecular flexibility index (Phi) is 4.72. The topological polar surface area (TPSA) is 58.1 Å². The van der Waals surface area contributed by atoms with Crippen molar-refractivity contribution in [1.29, 1.82) is 0 Å². The van der Waals surface area contributed by atoms with Crippen molar-refractivity contribution in [2.75, 3.05) is 17.3 Å². The smallest absolute Gasteiger partial charge is 0.261 e. The van der Waals surface area contributed by atoms with E-state index in [0.717, 1.165) is 11.4 Å². The van der Waals surface area contributed by atoms with Crippen LogP contribution in [0.4, 0.5) is 17.3 Å². The van der Waals surface area contributed by atoms with Crippen LogP contribution in [-0.2, 0) is 0 Å². The fourth-order valence-corrected chi connectivity index (χ4v) is 2.35. The van der Waals surface area contributed by atoms with Crippen molar-refractivity contribution >= 4 is 34.8 Å². The molecule has 0 saturated carbocycles. The Labute approximate surface area is 144 Å². The number of nitrogens with zero attached hydrogens (tertiary/aromatic N) is 3. The van der Waals surface area contributed by atoms with Gasteiger partial charge in [-0.2, -0.15) is 0 Å². The van der Waals surface area contributed by atoms with Gasteiger partial charge in [0.15, 0.2) is 0 Å². The molecule has 6 heteroatoms. The number of hydrogen-bond donors (Lipinski definition) is 1. The minimum atomic E-state index is -0.171. The monoisotopic (exact) mass is 338 g/mol. The van der Waals surface area contributed by atoms with Gasteiger partial charge in [-0.25, -0.2) is 9.97 Å². The maximum absolute atomic E-state index is 12.5. The van der Waals surface area contributed by atoms with E-state index in [1.807, 2.05) is 42.5 Å². The summed E-state index contributed by atoms with van der Waals surface area (Å²) in [4.78, 5) is 22.4. The molecule has 120 valence electrons. The summed E-state index contributed by atoms with van der Waals surface area (Å²) in [5.41, 5.74) is 2.00. The summed E-state index contributed by atoms with van der Waals surface area (Å²) in [5.74, 6) is 0.228. The first-order valence-electron chi connectivity index (χ1n) is 7.31. The van der Waals surface area contributed by atoms with Crippen molar-refractivity contribution in [1.82, 2.24) is 9.97 Å². The summed E-state index contributed by atoms with van der Waals surface area (Å²) in [6.45, 7) is 0. The number of anilines is 3. The summed E-state index contributed by atoms with van der Waals surface area (Å²) >= 11 is 5.94. The molecular weight excluding hydrogens is 324 g/mol. The van der Waals surface area contributed by atoms with E-state index in [1.54, 1.807) is 24.1 Å². The molecule has 0 aliphatic rings. The van der Waals surface area contributed by atoms with Crippen LogP contribution >= 0.6 is 11.6 Å². The molecule has 1 heterocycles. The number of carbonyl (C=O) groups excluding carboxylic acids is 1. The van der Waals surface area contributed by atoms with Gasteiger partial charge in [0.2, 0.25) is 5.95 Å². The van der Waals surface area contributed by atoms with Gasteiger partial charge < -0.3 is 10.2 Å². The number of aromatic nitrogens is 2. The number of amides is 1. The van der Waals surface area contributed by atoms with E-state index in [0.29, 0.717) is 16.5 Å². The molecule has 1 amide bonds. The Balaban J connectivity index is 1.73. The largest absolute Gasteiger partial charge is 0.324 e. The van der Waals surface area contributed by atoms with Gasteiger partial charge in [0.05, 0.1) is 5.56 Å². The minimum Gasteiger partial charge on any atom is -0.324 e. The number of hydrogen-bond acceptors (Lipinski definition) is 4. The van der Waals surface area contributed by atoms with Crippen molar-refractivity contribution < 1.29 is 4.79 Å². The predicted molar refractivity (Wildman–Crippen MR) is 95.9 cm³/mol. The van der Waals surface area contributed by atoms with Crippen LogP contribution in [0.1, 0.15) is 10.4 Å². The van der Waals surface area contributed by atoms with E-state index in [2.05, 4.69) is 15.3 Å². The number of rotatable bonds is 4. The molecule has 0 radical (unpaired) electrons. The zero-order chi connectivity index (χ0) is 16.9. The number of halogens is 1. The molecule has 24 heavy (non-hydrogen) atoms. The molecule has 0 saturated heterocycles.